The third kappa shape index (κ3) is 2.64. The van der Waals surface area contributed by atoms with Crippen LogP contribution < -0.4 is 5.32 Å². The molecule has 3 rings (SSSR count). The third-order valence-electron chi connectivity index (χ3n) is 3.61. The summed E-state index contributed by atoms with van der Waals surface area (Å²) in [6.07, 6.45) is 1.83. The molecular weight excluding hydrogens is 244 g/mol. The van der Waals surface area contributed by atoms with Crippen molar-refractivity contribution in [2.45, 2.75) is 12.8 Å². The summed E-state index contributed by atoms with van der Waals surface area (Å²) >= 11 is 0. The van der Waals surface area contributed by atoms with E-state index in [-0.39, 0.29) is 0 Å². The highest BCUT2D eigenvalue weighted by Crippen LogP contribution is 2.23. The maximum atomic E-state index is 4.39. The predicted octanol–water partition coefficient (Wildman–Crippen LogP) is 4.45. The lowest BCUT2D eigenvalue weighted by atomic mass is 10.0. The van der Waals surface area contributed by atoms with Gasteiger partial charge in [0.25, 0.3) is 0 Å². The molecular formula is C18H18N2. The second-order valence-corrected chi connectivity index (χ2v) is 5.07. The molecule has 0 spiro atoms. The third-order valence-corrected chi connectivity index (χ3v) is 3.61. The van der Waals surface area contributed by atoms with E-state index >= 15 is 0 Å². The molecule has 0 saturated heterocycles. The van der Waals surface area contributed by atoms with E-state index in [1.807, 2.05) is 24.4 Å². The molecule has 2 heteroatoms. The lowest BCUT2D eigenvalue weighted by Gasteiger charge is -2.15. The van der Waals surface area contributed by atoms with Crippen LogP contribution in [0, 0.1) is 0 Å². The first-order valence-electron chi connectivity index (χ1n) is 6.97. The molecule has 1 atom stereocenters. The number of nitrogens with zero attached hydrogens (tertiary/aromatic N) is 1. The van der Waals surface area contributed by atoms with Crippen molar-refractivity contribution in [3.05, 3.63) is 72.4 Å². The Morgan fingerprint density at radius 3 is 2.65 bits per heavy atom. The highest BCUT2D eigenvalue weighted by Gasteiger charge is 2.06. The second kappa shape index (κ2) is 5.74. The van der Waals surface area contributed by atoms with Crippen LogP contribution >= 0.6 is 0 Å². The molecule has 0 saturated carbocycles. The maximum Gasteiger partial charge on any atom is 0.0722 e. The Hall–Kier alpha value is -2.35. The van der Waals surface area contributed by atoms with Gasteiger partial charge in [-0.15, -0.1) is 0 Å². The summed E-state index contributed by atoms with van der Waals surface area (Å²) < 4.78 is 0. The lowest BCUT2D eigenvalue weighted by Crippen LogP contribution is -2.10. The minimum atomic E-state index is 0.475. The van der Waals surface area contributed by atoms with Crippen molar-refractivity contribution in [3.63, 3.8) is 0 Å². The summed E-state index contributed by atoms with van der Waals surface area (Å²) in [5, 5.41) is 4.72. The van der Waals surface area contributed by atoms with E-state index in [9.17, 15) is 0 Å². The van der Waals surface area contributed by atoms with Crippen LogP contribution in [-0.2, 0) is 0 Å². The summed E-state index contributed by atoms with van der Waals surface area (Å²) in [4.78, 5) is 4.39. The van der Waals surface area contributed by atoms with Gasteiger partial charge in [0.15, 0.2) is 0 Å². The van der Waals surface area contributed by atoms with Gasteiger partial charge in [-0.05, 0) is 35.7 Å². The molecule has 0 radical (unpaired) electrons. The predicted molar refractivity (Wildman–Crippen MR) is 85.1 cm³/mol. The normalized spacial score (nSPS) is 12.2. The van der Waals surface area contributed by atoms with Crippen LogP contribution in [0.5, 0.6) is 0 Å². The van der Waals surface area contributed by atoms with E-state index in [0.29, 0.717) is 5.92 Å². The first-order chi connectivity index (χ1) is 9.84. The highest BCUT2D eigenvalue weighted by atomic mass is 14.9. The monoisotopic (exact) mass is 262 g/mol. The number of rotatable bonds is 4. The Kier molecular flexibility index (Phi) is 3.64. The number of hydrogen-bond acceptors (Lipinski definition) is 2. The van der Waals surface area contributed by atoms with Gasteiger partial charge < -0.3 is 5.32 Å². The number of benzene rings is 2. The van der Waals surface area contributed by atoms with Gasteiger partial charge in [-0.25, -0.2) is 0 Å². The van der Waals surface area contributed by atoms with Crippen molar-refractivity contribution in [2.24, 2.45) is 0 Å². The molecule has 2 aromatic carbocycles. The standard InChI is InChI=1S/C18H18N2/c1-14(15-7-3-2-4-8-15)13-20-18-11-5-10-17-16(18)9-6-12-19-17/h2-12,14,20H,13H2,1H3. The smallest absolute Gasteiger partial charge is 0.0722 e. The molecule has 0 aliphatic heterocycles. The Labute approximate surface area is 119 Å². The van der Waals surface area contributed by atoms with Crippen molar-refractivity contribution in [2.75, 3.05) is 11.9 Å². The molecule has 20 heavy (non-hydrogen) atoms. The fraction of sp³-hybridized carbons (Fsp3) is 0.167. The zero-order valence-corrected chi connectivity index (χ0v) is 11.6. The average molecular weight is 262 g/mol. The number of anilines is 1. The van der Waals surface area contributed by atoms with Crippen molar-refractivity contribution < 1.29 is 0 Å². The van der Waals surface area contributed by atoms with Gasteiger partial charge in [0.1, 0.15) is 0 Å². The molecule has 0 amide bonds. The fourth-order valence-corrected chi connectivity index (χ4v) is 2.42. The largest absolute Gasteiger partial charge is 0.384 e. The number of hydrogen-bond donors (Lipinski definition) is 1. The van der Waals surface area contributed by atoms with Gasteiger partial charge in [-0.1, -0.05) is 43.3 Å². The van der Waals surface area contributed by atoms with Crippen molar-refractivity contribution in [1.29, 1.82) is 0 Å². The van der Waals surface area contributed by atoms with Crippen LogP contribution in [0.25, 0.3) is 10.9 Å². The average Bonchev–Trinajstić information content (AvgIpc) is 2.53. The molecule has 1 unspecified atom stereocenters. The van der Waals surface area contributed by atoms with Crippen LogP contribution in [0.15, 0.2) is 66.9 Å². The Bertz CT molecular complexity index is 687. The van der Waals surface area contributed by atoms with E-state index in [1.165, 1.54) is 10.9 Å². The van der Waals surface area contributed by atoms with E-state index in [0.717, 1.165) is 17.7 Å². The van der Waals surface area contributed by atoms with Gasteiger partial charge in [0, 0.05) is 23.8 Å². The van der Waals surface area contributed by atoms with Crippen molar-refractivity contribution in [3.8, 4) is 0 Å². The molecule has 2 nitrogen and oxygen atoms in total. The molecule has 0 aliphatic rings. The zero-order valence-electron chi connectivity index (χ0n) is 11.6. The van der Waals surface area contributed by atoms with Gasteiger partial charge in [0.05, 0.1) is 5.52 Å². The lowest BCUT2D eigenvalue weighted by molar-refractivity contribution is 0.805. The van der Waals surface area contributed by atoms with Gasteiger partial charge in [0.2, 0.25) is 0 Å². The summed E-state index contributed by atoms with van der Waals surface area (Å²) in [7, 11) is 0. The van der Waals surface area contributed by atoms with E-state index in [4.69, 9.17) is 0 Å². The molecule has 1 N–H and O–H groups in total. The van der Waals surface area contributed by atoms with Crippen LogP contribution in [-0.4, -0.2) is 11.5 Å². The van der Waals surface area contributed by atoms with Crippen molar-refractivity contribution in [1.82, 2.24) is 4.98 Å². The van der Waals surface area contributed by atoms with Gasteiger partial charge in [-0.3, -0.25) is 4.98 Å². The van der Waals surface area contributed by atoms with Crippen molar-refractivity contribution >= 4 is 16.6 Å². The topological polar surface area (TPSA) is 24.9 Å². The first-order valence-corrected chi connectivity index (χ1v) is 6.97. The number of aromatic nitrogens is 1. The quantitative estimate of drug-likeness (QED) is 0.751. The SMILES string of the molecule is CC(CNc1cccc2ncccc12)c1ccccc1. The molecule has 1 aromatic heterocycles. The number of nitrogens with one attached hydrogen (secondary N) is 1. The Balaban J connectivity index is 1.77. The second-order valence-electron chi connectivity index (χ2n) is 5.07. The van der Waals surface area contributed by atoms with Crippen LogP contribution in [0.1, 0.15) is 18.4 Å². The molecule has 3 aromatic rings. The molecule has 0 fully saturated rings. The molecule has 100 valence electrons. The minimum Gasteiger partial charge on any atom is -0.384 e. The summed E-state index contributed by atoms with van der Waals surface area (Å²) in [6.45, 7) is 3.16. The first kappa shape index (κ1) is 12.7. The molecule has 0 aliphatic carbocycles. The summed E-state index contributed by atoms with van der Waals surface area (Å²) in [5.41, 5.74) is 3.54. The van der Waals surface area contributed by atoms with E-state index in [2.05, 4.69) is 59.7 Å². The van der Waals surface area contributed by atoms with Gasteiger partial charge >= 0.3 is 0 Å². The maximum absolute atomic E-state index is 4.39. The van der Waals surface area contributed by atoms with E-state index in [1.54, 1.807) is 0 Å². The summed E-state index contributed by atoms with van der Waals surface area (Å²) in [6, 6.07) is 20.9. The highest BCUT2D eigenvalue weighted by molar-refractivity contribution is 5.91. The van der Waals surface area contributed by atoms with E-state index < -0.39 is 0 Å². The Morgan fingerprint density at radius 2 is 1.80 bits per heavy atom. The molecule has 1 heterocycles. The molecule has 0 bridgehead atoms. The van der Waals surface area contributed by atoms with Crippen LogP contribution in [0.4, 0.5) is 5.69 Å². The fourth-order valence-electron chi connectivity index (χ4n) is 2.42. The van der Waals surface area contributed by atoms with Crippen LogP contribution in [0.2, 0.25) is 0 Å². The zero-order chi connectivity index (χ0) is 13.8. The number of pyridine rings is 1. The number of fused-ring (bicyclic) bond motifs is 1. The minimum absolute atomic E-state index is 0.475. The van der Waals surface area contributed by atoms with Crippen LogP contribution in [0.3, 0.4) is 0 Å². The van der Waals surface area contributed by atoms with Gasteiger partial charge in [-0.2, -0.15) is 0 Å². The summed E-state index contributed by atoms with van der Waals surface area (Å²) in [5.74, 6) is 0.475. The Morgan fingerprint density at radius 1 is 0.950 bits per heavy atom.